The van der Waals surface area contributed by atoms with Gasteiger partial charge in [0.15, 0.2) is 0 Å². The van der Waals surface area contributed by atoms with Gasteiger partial charge in [0.1, 0.15) is 5.69 Å². The molecule has 1 amide bonds. The number of hydrogen-bond acceptors (Lipinski definition) is 4. The molecule has 6 heteroatoms. The molecule has 0 unspecified atom stereocenters. The molecular formula is C14H19N5O. The van der Waals surface area contributed by atoms with Gasteiger partial charge in [-0.25, -0.2) is 0 Å². The van der Waals surface area contributed by atoms with Crippen molar-refractivity contribution in [3.05, 3.63) is 36.4 Å². The second kappa shape index (κ2) is 5.73. The predicted molar refractivity (Wildman–Crippen MR) is 78.1 cm³/mol. The average Bonchev–Trinajstić information content (AvgIpc) is 2.86. The third-order valence-corrected chi connectivity index (χ3v) is 2.80. The molecule has 0 aliphatic heterocycles. The van der Waals surface area contributed by atoms with E-state index >= 15 is 0 Å². The molecule has 0 saturated carbocycles. The van der Waals surface area contributed by atoms with Crippen LogP contribution in [0.1, 0.15) is 30.4 Å². The molecule has 106 valence electrons. The van der Waals surface area contributed by atoms with Gasteiger partial charge >= 0.3 is 0 Å². The van der Waals surface area contributed by atoms with E-state index in [4.69, 9.17) is 0 Å². The Bertz CT molecular complexity index is 603. The molecule has 2 aromatic rings. The van der Waals surface area contributed by atoms with Crippen molar-refractivity contribution in [3.63, 3.8) is 0 Å². The van der Waals surface area contributed by atoms with Crippen molar-refractivity contribution >= 4 is 17.3 Å². The molecule has 20 heavy (non-hydrogen) atoms. The summed E-state index contributed by atoms with van der Waals surface area (Å²) < 4.78 is 1.87. The quantitative estimate of drug-likeness (QED) is 0.928. The topological polar surface area (TPSA) is 63.1 Å². The number of aromatic nitrogens is 3. The normalized spacial score (nSPS) is 10.7. The van der Waals surface area contributed by atoms with Crippen LogP contribution in [0, 0.1) is 0 Å². The zero-order valence-corrected chi connectivity index (χ0v) is 12.2. The Morgan fingerprint density at radius 1 is 1.35 bits per heavy atom. The first-order chi connectivity index (χ1) is 9.47. The predicted octanol–water partition coefficient (Wildman–Crippen LogP) is 2.30. The Labute approximate surface area is 118 Å². The van der Waals surface area contributed by atoms with Crippen molar-refractivity contribution in [2.45, 2.75) is 19.9 Å². The van der Waals surface area contributed by atoms with Crippen molar-refractivity contribution in [3.8, 4) is 0 Å². The van der Waals surface area contributed by atoms with Crippen LogP contribution >= 0.6 is 0 Å². The number of pyridine rings is 1. The zero-order chi connectivity index (χ0) is 14.7. The standard InChI is InChI=1S/C14H19N5O/c1-10(2)19-9-12(8-16-19)17-11-5-6-15-13(7-11)14(20)18(3)4/h5-10H,1-4H3,(H,15,17). The van der Waals surface area contributed by atoms with E-state index < -0.39 is 0 Å². The van der Waals surface area contributed by atoms with Crippen molar-refractivity contribution in [2.24, 2.45) is 0 Å². The van der Waals surface area contributed by atoms with Crippen molar-refractivity contribution in [1.82, 2.24) is 19.7 Å². The van der Waals surface area contributed by atoms with Gasteiger partial charge in [-0.15, -0.1) is 0 Å². The van der Waals surface area contributed by atoms with E-state index in [1.165, 1.54) is 4.90 Å². The second-order valence-electron chi connectivity index (χ2n) is 5.06. The van der Waals surface area contributed by atoms with Gasteiger partial charge in [0.05, 0.1) is 11.9 Å². The number of carbonyl (C=O) groups is 1. The van der Waals surface area contributed by atoms with Crippen LogP contribution in [0.5, 0.6) is 0 Å². The summed E-state index contributed by atoms with van der Waals surface area (Å²) in [5.41, 5.74) is 2.11. The van der Waals surface area contributed by atoms with E-state index in [0.29, 0.717) is 11.7 Å². The second-order valence-corrected chi connectivity index (χ2v) is 5.06. The summed E-state index contributed by atoms with van der Waals surface area (Å²) in [6, 6.07) is 3.86. The fourth-order valence-corrected chi connectivity index (χ4v) is 1.71. The van der Waals surface area contributed by atoms with Gasteiger partial charge in [-0.3, -0.25) is 14.5 Å². The van der Waals surface area contributed by atoms with Gasteiger partial charge in [-0.05, 0) is 26.0 Å². The van der Waals surface area contributed by atoms with Gasteiger partial charge in [0.2, 0.25) is 0 Å². The van der Waals surface area contributed by atoms with E-state index in [9.17, 15) is 4.79 Å². The zero-order valence-electron chi connectivity index (χ0n) is 12.2. The molecule has 0 aliphatic rings. The van der Waals surface area contributed by atoms with Crippen LogP contribution in [0.2, 0.25) is 0 Å². The lowest BCUT2D eigenvalue weighted by atomic mass is 10.3. The number of rotatable bonds is 4. The number of nitrogens with one attached hydrogen (secondary N) is 1. The molecule has 6 nitrogen and oxygen atoms in total. The van der Waals surface area contributed by atoms with E-state index in [1.54, 1.807) is 32.6 Å². The minimum Gasteiger partial charge on any atom is -0.353 e. The highest BCUT2D eigenvalue weighted by Crippen LogP contribution is 2.17. The van der Waals surface area contributed by atoms with Gasteiger partial charge in [-0.2, -0.15) is 5.10 Å². The Morgan fingerprint density at radius 2 is 2.10 bits per heavy atom. The fraction of sp³-hybridized carbons (Fsp3) is 0.357. The maximum atomic E-state index is 11.9. The van der Waals surface area contributed by atoms with E-state index in [-0.39, 0.29) is 5.91 Å². The molecule has 0 aliphatic carbocycles. The fourth-order valence-electron chi connectivity index (χ4n) is 1.71. The van der Waals surface area contributed by atoms with Gasteiger partial charge in [0, 0.05) is 38.2 Å². The van der Waals surface area contributed by atoms with E-state index in [0.717, 1.165) is 11.4 Å². The summed E-state index contributed by atoms with van der Waals surface area (Å²) in [4.78, 5) is 17.4. The highest BCUT2D eigenvalue weighted by atomic mass is 16.2. The summed E-state index contributed by atoms with van der Waals surface area (Å²) >= 11 is 0. The molecule has 2 heterocycles. The maximum Gasteiger partial charge on any atom is 0.272 e. The Balaban J connectivity index is 2.17. The lowest BCUT2D eigenvalue weighted by Gasteiger charge is -2.10. The smallest absolute Gasteiger partial charge is 0.272 e. The van der Waals surface area contributed by atoms with Crippen LogP contribution in [0.15, 0.2) is 30.7 Å². The lowest BCUT2D eigenvalue weighted by Crippen LogP contribution is -2.22. The van der Waals surface area contributed by atoms with Crippen molar-refractivity contribution in [1.29, 1.82) is 0 Å². The molecule has 0 bridgehead atoms. The van der Waals surface area contributed by atoms with Crippen LogP contribution in [-0.2, 0) is 0 Å². The minimum atomic E-state index is -0.119. The summed E-state index contributed by atoms with van der Waals surface area (Å²) in [6.07, 6.45) is 5.30. The van der Waals surface area contributed by atoms with Crippen LogP contribution in [0.4, 0.5) is 11.4 Å². The number of anilines is 2. The molecule has 0 spiro atoms. The Hall–Kier alpha value is -2.37. The van der Waals surface area contributed by atoms with Crippen LogP contribution in [-0.4, -0.2) is 39.7 Å². The lowest BCUT2D eigenvalue weighted by molar-refractivity contribution is 0.0822. The molecule has 0 aromatic carbocycles. The molecule has 0 fully saturated rings. The third-order valence-electron chi connectivity index (χ3n) is 2.80. The monoisotopic (exact) mass is 273 g/mol. The van der Waals surface area contributed by atoms with Gasteiger partial charge in [-0.1, -0.05) is 0 Å². The highest BCUT2D eigenvalue weighted by molar-refractivity contribution is 5.92. The number of nitrogens with zero attached hydrogens (tertiary/aromatic N) is 4. The summed E-state index contributed by atoms with van der Waals surface area (Å²) in [5.74, 6) is -0.119. The van der Waals surface area contributed by atoms with Crippen LogP contribution in [0.3, 0.4) is 0 Å². The molecule has 1 N–H and O–H groups in total. The van der Waals surface area contributed by atoms with Gasteiger partial charge < -0.3 is 10.2 Å². The molecule has 2 aromatic heterocycles. The van der Waals surface area contributed by atoms with Crippen molar-refractivity contribution < 1.29 is 4.79 Å². The van der Waals surface area contributed by atoms with E-state index in [2.05, 4.69) is 29.2 Å². The van der Waals surface area contributed by atoms with Gasteiger partial charge in [0.25, 0.3) is 5.91 Å². The molecule has 0 saturated heterocycles. The summed E-state index contributed by atoms with van der Waals surface area (Å²) in [5, 5.41) is 7.48. The Kier molecular flexibility index (Phi) is 4.02. The minimum absolute atomic E-state index is 0.119. The van der Waals surface area contributed by atoms with E-state index in [1.807, 2.05) is 16.9 Å². The average molecular weight is 273 g/mol. The molecular weight excluding hydrogens is 254 g/mol. The molecule has 0 atom stereocenters. The SMILES string of the molecule is CC(C)n1cc(Nc2ccnc(C(=O)N(C)C)c2)cn1. The number of carbonyl (C=O) groups excluding carboxylic acids is 1. The largest absolute Gasteiger partial charge is 0.353 e. The first-order valence-corrected chi connectivity index (χ1v) is 6.46. The Morgan fingerprint density at radius 3 is 2.70 bits per heavy atom. The van der Waals surface area contributed by atoms with Crippen molar-refractivity contribution in [2.75, 3.05) is 19.4 Å². The van der Waals surface area contributed by atoms with Crippen LogP contribution < -0.4 is 5.32 Å². The van der Waals surface area contributed by atoms with Crippen LogP contribution in [0.25, 0.3) is 0 Å². The summed E-state index contributed by atoms with van der Waals surface area (Å²) in [6.45, 7) is 4.13. The number of hydrogen-bond donors (Lipinski definition) is 1. The maximum absolute atomic E-state index is 11.9. The molecule has 2 rings (SSSR count). The first kappa shape index (κ1) is 14.0. The number of amides is 1. The summed E-state index contributed by atoms with van der Waals surface area (Å²) in [7, 11) is 3.41. The molecule has 0 radical (unpaired) electrons. The third kappa shape index (κ3) is 3.14. The first-order valence-electron chi connectivity index (χ1n) is 6.46. The highest BCUT2D eigenvalue weighted by Gasteiger charge is 2.10.